The molecule has 2 aliphatic rings. The Morgan fingerprint density at radius 1 is 1.33 bits per heavy atom. The van der Waals surface area contributed by atoms with E-state index < -0.39 is 0 Å². The Balaban J connectivity index is 1.43. The third kappa shape index (κ3) is 4.26. The summed E-state index contributed by atoms with van der Waals surface area (Å²) in [6, 6.07) is -0.250. The number of nitrogens with zero attached hydrogens (tertiary/aromatic N) is 5. The first-order valence-corrected chi connectivity index (χ1v) is 10.7. The predicted molar refractivity (Wildman–Crippen MR) is 116 cm³/mol. The van der Waals surface area contributed by atoms with Gasteiger partial charge in [-0.25, -0.2) is 4.98 Å². The van der Waals surface area contributed by atoms with Gasteiger partial charge in [-0.2, -0.15) is 10.1 Å². The van der Waals surface area contributed by atoms with Gasteiger partial charge in [-0.3, -0.25) is 9.48 Å². The number of likely N-dealkylation sites (N-methyl/N-ethyl adjacent to an activating group) is 1. The molecule has 0 radical (unpaired) electrons. The van der Waals surface area contributed by atoms with E-state index in [0.29, 0.717) is 18.2 Å². The maximum absolute atomic E-state index is 12.5. The van der Waals surface area contributed by atoms with Crippen LogP contribution in [0.2, 0.25) is 0 Å². The number of amides is 1. The fourth-order valence-electron chi connectivity index (χ4n) is 4.23. The van der Waals surface area contributed by atoms with Gasteiger partial charge in [-0.15, -0.1) is 0 Å². The van der Waals surface area contributed by atoms with Gasteiger partial charge in [-0.05, 0) is 32.1 Å². The van der Waals surface area contributed by atoms with Crippen molar-refractivity contribution in [2.45, 2.75) is 65.3 Å². The second kappa shape index (κ2) is 8.59. The maximum Gasteiger partial charge on any atom is 0.247 e. The third-order valence-electron chi connectivity index (χ3n) is 5.77. The maximum atomic E-state index is 12.5. The number of hydrogen-bond donors (Lipinski definition) is 2. The Bertz CT molecular complexity index is 905. The van der Waals surface area contributed by atoms with Crippen LogP contribution in [0.25, 0.3) is 0 Å². The van der Waals surface area contributed by atoms with Crippen molar-refractivity contribution >= 4 is 23.4 Å². The fourth-order valence-corrected chi connectivity index (χ4v) is 4.23. The van der Waals surface area contributed by atoms with Crippen LogP contribution in [0.5, 0.6) is 0 Å². The Hall–Kier alpha value is -2.68. The van der Waals surface area contributed by atoms with Crippen molar-refractivity contribution in [3.63, 3.8) is 0 Å². The molecule has 2 aromatic heterocycles. The summed E-state index contributed by atoms with van der Waals surface area (Å²) in [5.41, 5.74) is 2.49. The van der Waals surface area contributed by atoms with Gasteiger partial charge < -0.3 is 20.3 Å². The van der Waals surface area contributed by atoms with Gasteiger partial charge in [0.05, 0.1) is 24.5 Å². The average molecular weight is 414 g/mol. The number of hydrogen-bond acceptors (Lipinski definition) is 7. The predicted octanol–water partition coefficient (Wildman–Crippen LogP) is 2.58. The molecule has 0 spiro atoms. The van der Waals surface area contributed by atoms with Gasteiger partial charge in [-0.1, -0.05) is 13.8 Å². The number of anilines is 3. The highest BCUT2D eigenvalue weighted by Crippen LogP contribution is 2.34. The SMILES string of the molecule is Cc1nc(NCc2cnn(CC3CCCCO3)c2)nc2c1NC(=O)C(C(C)C)N2C. The molecular formula is C21H31N7O2. The Kier molecular flexibility index (Phi) is 5.90. The smallest absolute Gasteiger partial charge is 0.247 e. The normalized spacial score (nSPS) is 21.5. The molecule has 2 aliphatic heterocycles. The summed E-state index contributed by atoms with van der Waals surface area (Å²) in [6.07, 6.45) is 7.63. The van der Waals surface area contributed by atoms with Crippen molar-refractivity contribution in [2.24, 2.45) is 5.92 Å². The van der Waals surface area contributed by atoms with Crippen LogP contribution in [0.15, 0.2) is 12.4 Å². The number of rotatable bonds is 6. The quantitative estimate of drug-likeness (QED) is 0.751. The standard InChI is InChI=1S/C21H31N7O2/c1-13(2)18-20(29)25-17-14(3)24-21(26-19(17)27(18)4)22-9-15-10-23-28(11-15)12-16-7-5-6-8-30-16/h10-11,13,16,18H,5-9,12H2,1-4H3,(H,25,29)(H,22,24,26). The first-order valence-electron chi connectivity index (χ1n) is 10.7. The van der Waals surface area contributed by atoms with E-state index in [9.17, 15) is 4.79 Å². The van der Waals surface area contributed by atoms with E-state index in [1.807, 2.05) is 49.8 Å². The lowest BCUT2D eigenvalue weighted by atomic mass is 9.99. The molecule has 1 saturated heterocycles. The van der Waals surface area contributed by atoms with E-state index in [4.69, 9.17) is 4.74 Å². The van der Waals surface area contributed by atoms with Gasteiger partial charge in [0.2, 0.25) is 11.9 Å². The highest BCUT2D eigenvalue weighted by atomic mass is 16.5. The molecule has 4 rings (SSSR count). The molecule has 9 heteroatoms. The fraction of sp³-hybridized carbons (Fsp3) is 0.619. The summed E-state index contributed by atoms with van der Waals surface area (Å²) in [4.78, 5) is 23.6. The van der Waals surface area contributed by atoms with E-state index >= 15 is 0 Å². The van der Waals surface area contributed by atoms with Crippen molar-refractivity contribution in [3.8, 4) is 0 Å². The van der Waals surface area contributed by atoms with Gasteiger partial charge in [0, 0.05) is 32.0 Å². The molecule has 0 saturated carbocycles. The van der Waals surface area contributed by atoms with Crippen LogP contribution < -0.4 is 15.5 Å². The van der Waals surface area contributed by atoms with E-state index in [-0.39, 0.29) is 24.0 Å². The zero-order valence-electron chi connectivity index (χ0n) is 18.2. The Labute approximate surface area is 177 Å². The summed E-state index contributed by atoms with van der Waals surface area (Å²) in [5, 5.41) is 10.7. The number of carbonyl (C=O) groups is 1. The van der Waals surface area contributed by atoms with Crippen LogP contribution in [0, 0.1) is 12.8 Å². The summed E-state index contributed by atoms with van der Waals surface area (Å²) in [7, 11) is 1.91. The molecule has 2 N–H and O–H groups in total. The lowest BCUT2D eigenvalue weighted by Crippen LogP contribution is -2.49. The van der Waals surface area contributed by atoms with Gasteiger partial charge in [0.25, 0.3) is 0 Å². The third-order valence-corrected chi connectivity index (χ3v) is 5.77. The van der Waals surface area contributed by atoms with Crippen molar-refractivity contribution in [3.05, 3.63) is 23.7 Å². The molecule has 2 aromatic rings. The number of ether oxygens (including phenoxy) is 1. The van der Waals surface area contributed by atoms with Crippen molar-refractivity contribution in [2.75, 3.05) is 29.2 Å². The summed E-state index contributed by atoms with van der Waals surface area (Å²) in [5.74, 6) is 1.45. The van der Waals surface area contributed by atoms with E-state index in [1.54, 1.807) is 0 Å². The van der Waals surface area contributed by atoms with Gasteiger partial charge in [0.15, 0.2) is 5.82 Å². The molecular weight excluding hydrogens is 382 g/mol. The van der Waals surface area contributed by atoms with Gasteiger partial charge >= 0.3 is 0 Å². The van der Waals surface area contributed by atoms with E-state index in [1.165, 1.54) is 6.42 Å². The van der Waals surface area contributed by atoms with Crippen LogP contribution >= 0.6 is 0 Å². The largest absolute Gasteiger partial charge is 0.376 e. The van der Waals surface area contributed by atoms with Crippen LogP contribution in [0.3, 0.4) is 0 Å². The van der Waals surface area contributed by atoms with Crippen molar-refractivity contribution in [1.82, 2.24) is 19.7 Å². The highest BCUT2D eigenvalue weighted by Gasteiger charge is 2.35. The molecule has 2 atom stereocenters. The van der Waals surface area contributed by atoms with E-state index in [2.05, 4.69) is 25.7 Å². The molecule has 30 heavy (non-hydrogen) atoms. The number of aryl methyl sites for hydroxylation is 1. The van der Waals surface area contributed by atoms with E-state index in [0.717, 1.165) is 43.1 Å². The van der Waals surface area contributed by atoms with Crippen molar-refractivity contribution < 1.29 is 9.53 Å². The number of nitrogens with one attached hydrogen (secondary N) is 2. The molecule has 2 unspecified atom stereocenters. The second-order valence-corrected chi connectivity index (χ2v) is 8.53. The molecule has 1 amide bonds. The van der Waals surface area contributed by atoms with Gasteiger partial charge in [0.1, 0.15) is 11.7 Å². The topological polar surface area (TPSA) is 97.2 Å². The minimum atomic E-state index is -0.250. The molecule has 162 valence electrons. The molecule has 0 aromatic carbocycles. The zero-order chi connectivity index (χ0) is 21.3. The first-order chi connectivity index (χ1) is 14.4. The lowest BCUT2D eigenvalue weighted by Gasteiger charge is -2.36. The van der Waals surface area contributed by atoms with Crippen LogP contribution in [-0.2, 0) is 22.6 Å². The number of aromatic nitrogens is 4. The average Bonchev–Trinajstić information content (AvgIpc) is 3.15. The lowest BCUT2D eigenvalue weighted by molar-refractivity contribution is -0.118. The Morgan fingerprint density at radius 3 is 2.90 bits per heavy atom. The highest BCUT2D eigenvalue weighted by molar-refractivity contribution is 6.03. The van der Waals surface area contributed by atoms with Crippen LogP contribution in [-0.4, -0.2) is 51.5 Å². The molecule has 1 fully saturated rings. The van der Waals surface area contributed by atoms with Crippen LogP contribution in [0.4, 0.5) is 17.5 Å². The zero-order valence-corrected chi connectivity index (χ0v) is 18.2. The summed E-state index contributed by atoms with van der Waals surface area (Å²) in [6.45, 7) is 8.17. The monoisotopic (exact) mass is 413 g/mol. The van der Waals surface area contributed by atoms with Crippen molar-refractivity contribution in [1.29, 1.82) is 0 Å². The molecule has 4 heterocycles. The minimum Gasteiger partial charge on any atom is -0.376 e. The molecule has 0 bridgehead atoms. The summed E-state index contributed by atoms with van der Waals surface area (Å²) < 4.78 is 7.75. The first kappa shape index (κ1) is 20.6. The minimum absolute atomic E-state index is 0.0123. The molecule has 0 aliphatic carbocycles. The Morgan fingerprint density at radius 2 is 2.17 bits per heavy atom. The number of carbonyl (C=O) groups excluding carboxylic acids is 1. The summed E-state index contributed by atoms with van der Waals surface area (Å²) >= 11 is 0. The number of fused-ring (bicyclic) bond motifs is 1. The molecule has 9 nitrogen and oxygen atoms in total. The second-order valence-electron chi connectivity index (χ2n) is 8.53. The van der Waals surface area contributed by atoms with Crippen LogP contribution in [0.1, 0.15) is 44.4 Å².